The smallest absolute Gasteiger partial charge is 0.0748 e. The minimum atomic E-state index is 0.573. The lowest BCUT2D eigenvalue weighted by molar-refractivity contribution is 0.322. The first-order chi connectivity index (χ1) is 6.15. The summed E-state index contributed by atoms with van der Waals surface area (Å²) < 4.78 is 0. The number of benzene rings is 1. The van der Waals surface area contributed by atoms with Crippen molar-refractivity contribution in [3.8, 4) is 0 Å². The van der Waals surface area contributed by atoms with Gasteiger partial charge in [-0.2, -0.15) is 0 Å². The summed E-state index contributed by atoms with van der Waals surface area (Å²) in [6.45, 7) is 0. The average Bonchev–Trinajstić information content (AvgIpc) is 2.08. The van der Waals surface area contributed by atoms with Crippen molar-refractivity contribution in [2.45, 2.75) is 0 Å². The van der Waals surface area contributed by atoms with Gasteiger partial charge in [-0.25, -0.2) is 0 Å². The number of rotatable bonds is 2. The highest BCUT2D eigenvalue weighted by Crippen LogP contribution is 2.21. The van der Waals surface area contributed by atoms with Gasteiger partial charge in [0.2, 0.25) is 0 Å². The predicted octanol–water partition coefficient (Wildman–Crippen LogP) is 2.21. The zero-order valence-electron chi connectivity index (χ0n) is 7.53. The van der Waals surface area contributed by atoms with Crippen LogP contribution in [0.3, 0.4) is 0 Å². The van der Waals surface area contributed by atoms with E-state index in [1.165, 1.54) is 6.21 Å². The van der Waals surface area contributed by atoms with Gasteiger partial charge in [0.25, 0.3) is 0 Å². The molecule has 0 unspecified atom stereocenters. The minimum absolute atomic E-state index is 0.573. The summed E-state index contributed by atoms with van der Waals surface area (Å²) in [5.41, 5.74) is 1.72. The molecular formula is C9H11ClN2O. The van der Waals surface area contributed by atoms with Crippen LogP contribution in [0, 0.1) is 0 Å². The van der Waals surface area contributed by atoms with Crippen LogP contribution in [0.4, 0.5) is 5.69 Å². The summed E-state index contributed by atoms with van der Waals surface area (Å²) >= 11 is 5.92. The van der Waals surface area contributed by atoms with Crippen molar-refractivity contribution in [1.29, 1.82) is 0 Å². The molecule has 0 bridgehead atoms. The Labute approximate surface area is 82.2 Å². The van der Waals surface area contributed by atoms with Crippen LogP contribution in [0.1, 0.15) is 5.56 Å². The first-order valence-corrected chi connectivity index (χ1v) is 4.17. The van der Waals surface area contributed by atoms with E-state index in [9.17, 15) is 0 Å². The fourth-order valence-corrected chi connectivity index (χ4v) is 1.18. The molecule has 0 aliphatic heterocycles. The Hall–Kier alpha value is -1.22. The highest BCUT2D eigenvalue weighted by molar-refractivity contribution is 6.33. The molecule has 0 spiro atoms. The lowest BCUT2D eigenvalue weighted by Gasteiger charge is -2.12. The quantitative estimate of drug-likeness (QED) is 0.449. The summed E-state index contributed by atoms with van der Waals surface area (Å²) in [5, 5.41) is 11.8. The molecule has 0 saturated carbocycles. The maximum atomic E-state index is 8.32. The molecule has 0 amide bonds. The summed E-state index contributed by atoms with van der Waals surface area (Å²) in [4.78, 5) is 1.95. The molecule has 1 aromatic carbocycles. The molecule has 0 aliphatic rings. The molecule has 3 nitrogen and oxygen atoms in total. The Bertz CT molecular complexity index is 323. The summed E-state index contributed by atoms with van der Waals surface area (Å²) in [6, 6.07) is 5.53. The van der Waals surface area contributed by atoms with Crippen LogP contribution >= 0.6 is 11.6 Å². The molecule has 0 atom stereocenters. The van der Waals surface area contributed by atoms with Crippen LogP contribution in [-0.4, -0.2) is 25.5 Å². The van der Waals surface area contributed by atoms with E-state index in [-0.39, 0.29) is 0 Å². The molecule has 0 fully saturated rings. The Kier molecular flexibility index (Phi) is 3.14. The third-order valence-electron chi connectivity index (χ3n) is 1.70. The predicted molar refractivity (Wildman–Crippen MR) is 55.2 cm³/mol. The topological polar surface area (TPSA) is 35.8 Å². The van der Waals surface area contributed by atoms with E-state index < -0.39 is 0 Å². The SMILES string of the molecule is CN(C)c1ccc(/C=N/O)c(Cl)c1. The van der Waals surface area contributed by atoms with Crippen molar-refractivity contribution in [3.63, 3.8) is 0 Å². The number of hydrogen-bond acceptors (Lipinski definition) is 3. The third kappa shape index (κ3) is 2.36. The van der Waals surface area contributed by atoms with Gasteiger partial charge in [-0.1, -0.05) is 16.8 Å². The first kappa shape index (κ1) is 9.86. The molecule has 13 heavy (non-hydrogen) atoms. The Morgan fingerprint density at radius 3 is 2.62 bits per heavy atom. The molecule has 0 radical (unpaired) electrons. The Morgan fingerprint density at radius 2 is 2.15 bits per heavy atom. The van der Waals surface area contributed by atoms with E-state index in [1.54, 1.807) is 6.07 Å². The molecule has 1 aromatic rings. The van der Waals surface area contributed by atoms with Crippen molar-refractivity contribution in [2.24, 2.45) is 5.16 Å². The molecule has 0 aliphatic carbocycles. The van der Waals surface area contributed by atoms with Crippen LogP contribution in [0.15, 0.2) is 23.4 Å². The second kappa shape index (κ2) is 4.14. The summed E-state index contributed by atoms with van der Waals surface area (Å²) in [7, 11) is 3.87. The van der Waals surface area contributed by atoms with Crippen molar-refractivity contribution >= 4 is 23.5 Å². The van der Waals surface area contributed by atoms with Crippen LogP contribution < -0.4 is 4.90 Å². The van der Waals surface area contributed by atoms with Gasteiger partial charge >= 0.3 is 0 Å². The zero-order valence-corrected chi connectivity index (χ0v) is 8.28. The minimum Gasteiger partial charge on any atom is -0.411 e. The largest absolute Gasteiger partial charge is 0.411 e. The second-order valence-electron chi connectivity index (χ2n) is 2.84. The van der Waals surface area contributed by atoms with Gasteiger partial charge in [0, 0.05) is 25.3 Å². The lowest BCUT2D eigenvalue weighted by Crippen LogP contribution is -2.08. The second-order valence-corrected chi connectivity index (χ2v) is 3.25. The summed E-state index contributed by atoms with van der Waals surface area (Å²) in [6.07, 6.45) is 1.31. The number of hydrogen-bond donors (Lipinski definition) is 1. The first-order valence-electron chi connectivity index (χ1n) is 3.79. The highest BCUT2D eigenvalue weighted by Gasteiger charge is 2.00. The van der Waals surface area contributed by atoms with E-state index in [1.807, 2.05) is 31.1 Å². The van der Waals surface area contributed by atoms with Crippen molar-refractivity contribution in [1.82, 2.24) is 0 Å². The lowest BCUT2D eigenvalue weighted by atomic mass is 10.2. The van der Waals surface area contributed by atoms with Gasteiger partial charge in [-0.05, 0) is 18.2 Å². The molecule has 0 saturated heterocycles. The molecular weight excluding hydrogens is 188 g/mol. The van der Waals surface area contributed by atoms with Crippen LogP contribution in [-0.2, 0) is 0 Å². The Balaban J connectivity index is 3.05. The number of halogens is 1. The fraction of sp³-hybridized carbons (Fsp3) is 0.222. The molecule has 1 N–H and O–H groups in total. The monoisotopic (exact) mass is 198 g/mol. The van der Waals surface area contributed by atoms with Gasteiger partial charge in [0.15, 0.2) is 0 Å². The highest BCUT2D eigenvalue weighted by atomic mass is 35.5. The number of anilines is 1. The molecule has 4 heteroatoms. The van der Waals surface area contributed by atoms with Crippen LogP contribution in [0.2, 0.25) is 5.02 Å². The molecule has 0 heterocycles. The summed E-state index contributed by atoms with van der Waals surface area (Å²) in [5.74, 6) is 0. The average molecular weight is 199 g/mol. The normalized spacial score (nSPS) is 10.7. The van der Waals surface area contributed by atoms with E-state index >= 15 is 0 Å². The fourth-order valence-electron chi connectivity index (χ4n) is 0.961. The molecule has 0 aromatic heterocycles. The number of nitrogens with zero attached hydrogens (tertiary/aromatic N) is 2. The van der Waals surface area contributed by atoms with Crippen molar-refractivity contribution in [3.05, 3.63) is 28.8 Å². The number of oxime groups is 1. The van der Waals surface area contributed by atoms with E-state index in [4.69, 9.17) is 16.8 Å². The van der Waals surface area contributed by atoms with Gasteiger partial charge in [0.1, 0.15) is 0 Å². The maximum Gasteiger partial charge on any atom is 0.0748 e. The van der Waals surface area contributed by atoms with Crippen molar-refractivity contribution in [2.75, 3.05) is 19.0 Å². The third-order valence-corrected chi connectivity index (χ3v) is 2.02. The van der Waals surface area contributed by atoms with E-state index in [0.717, 1.165) is 5.69 Å². The van der Waals surface area contributed by atoms with Gasteiger partial charge in [-0.3, -0.25) is 0 Å². The van der Waals surface area contributed by atoms with Crippen molar-refractivity contribution < 1.29 is 5.21 Å². The van der Waals surface area contributed by atoms with Crippen LogP contribution in [0.5, 0.6) is 0 Å². The van der Waals surface area contributed by atoms with Gasteiger partial charge in [-0.15, -0.1) is 0 Å². The van der Waals surface area contributed by atoms with Gasteiger partial charge in [0.05, 0.1) is 11.2 Å². The van der Waals surface area contributed by atoms with E-state index in [0.29, 0.717) is 10.6 Å². The van der Waals surface area contributed by atoms with E-state index in [2.05, 4.69) is 5.16 Å². The molecule has 1 rings (SSSR count). The zero-order chi connectivity index (χ0) is 9.84. The van der Waals surface area contributed by atoms with Crippen LogP contribution in [0.25, 0.3) is 0 Å². The Morgan fingerprint density at radius 1 is 1.46 bits per heavy atom. The maximum absolute atomic E-state index is 8.32. The molecule has 70 valence electrons. The van der Waals surface area contributed by atoms with Gasteiger partial charge < -0.3 is 10.1 Å². The standard InChI is InChI=1S/C9H11ClN2O/c1-12(2)8-4-3-7(6-11-13)9(10)5-8/h3-6,13H,1-2H3/b11-6+.